The maximum absolute atomic E-state index is 5.09. The summed E-state index contributed by atoms with van der Waals surface area (Å²) in [4.78, 5) is 19.4. The van der Waals surface area contributed by atoms with Gasteiger partial charge in [-0.05, 0) is 70.7 Å². The Morgan fingerprint density at radius 2 is 1.08 bits per heavy atom. The van der Waals surface area contributed by atoms with Gasteiger partial charge in [0.05, 0.1) is 29.3 Å². The van der Waals surface area contributed by atoms with Crippen LogP contribution in [-0.2, 0) is 18.4 Å². The van der Waals surface area contributed by atoms with Crippen LogP contribution in [0.5, 0.6) is 0 Å². The molecule has 0 spiro atoms. The van der Waals surface area contributed by atoms with E-state index < -0.39 is 0 Å². The second-order valence-corrected chi connectivity index (χ2v) is 16.2. The predicted molar refractivity (Wildman–Crippen MR) is 264 cm³/mol. The number of allylic oxidation sites excluding steroid dienone is 5. The van der Waals surface area contributed by atoms with Gasteiger partial charge in [0.15, 0.2) is 5.82 Å². The molecule has 7 aromatic carbocycles. The molecule has 0 N–H and O–H groups in total. The van der Waals surface area contributed by atoms with Crippen LogP contribution in [0.3, 0.4) is 0 Å². The average molecular weight is 813 g/mol. The minimum atomic E-state index is -0.131. The SMILES string of the molecule is C=N/C(=C\C(=NCc1ccccc1)C1=CCC(C)(c2ccc(Cc3ccc(-c4ccc(-c5cc(-c6ccccc6)nc(-c6ccccc6)n5)cc4)cc3)cc2)C=C1)c1ccccc1. The van der Waals surface area contributed by atoms with E-state index in [9.17, 15) is 0 Å². The molecule has 8 aromatic rings. The Balaban J connectivity index is 0.873. The van der Waals surface area contributed by atoms with Gasteiger partial charge in [0.2, 0.25) is 0 Å². The quantitative estimate of drug-likeness (QED) is 0.109. The van der Waals surface area contributed by atoms with E-state index in [1.54, 1.807) is 0 Å². The van der Waals surface area contributed by atoms with Crippen molar-refractivity contribution in [1.82, 2.24) is 9.97 Å². The third-order valence-electron chi connectivity index (χ3n) is 11.8. The lowest BCUT2D eigenvalue weighted by molar-refractivity contribution is 0.598. The zero-order chi connectivity index (χ0) is 42.9. The number of hydrogen-bond donors (Lipinski definition) is 0. The lowest BCUT2D eigenvalue weighted by atomic mass is 9.75. The summed E-state index contributed by atoms with van der Waals surface area (Å²) >= 11 is 0. The maximum Gasteiger partial charge on any atom is 0.160 e. The van der Waals surface area contributed by atoms with Crippen molar-refractivity contribution in [2.45, 2.75) is 31.7 Å². The fourth-order valence-electron chi connectivity index (χ4n) is 8.03. The van der Waals surface area contributed by atoms with Crippen LogP contribution in [0, 0.1) is 0 Å². The summed E-state index contributed by atoms with van der Waals surface area (Å²) in [6.07, 6.45) is 10.7. The number of aromatic nitrogens is 2. The van der Waals surface area contributed by atoms with Gasteiger partial charge in [0.1, 0.15) is 0 Å². The third-order valence-corrected chi connectivity index (χ3v) is 11.8. The lowest BCUT2D eigenvalue weighted by Crippen LogP contribution is -2.21. The Bertz CT molecular complexity index is 2870. The highest BCUT2D eigenvalue weighted by Crippen LogP contribution is 2.35. The van der Waals surface area contributed by atoms with E-state index in [4.69, 9.17) is 15.0 Å². The fourth-order valence-corrected chi connectivity index (χ4v) is 8.03. The Labute approximate surface area is 371 Å². The molecule has 0 bridgehead atoms. The molecular formula is C59H48N4. The van der Waals surface area contributed by atoms with Crippen molar-refractivity contribution in [2.24, 2.45) is 9.98 Å². The van der Waals surface area contributed by atoms with Crippen LogP contribution >= 0.6 is 0 Å². The largest absolute Gasteiger partial charge is 0.280 e. The van der Waals surface area contributed by atoms with Gasteiger partial charge in [-0.1, -0.05) is 219 Å². The standard InChI is InChI=1S/C59H48N4/c1-59(37-35-51(36-38-59)55(61-42-45-15-7-3-8-16-45)40-54(60-2)48-17-9-4-10-18-48)53-33-25-44(26-34-53)39-43-23-27-46(28-24-43)47-29-31-50(32-30-47)57-41-56(49-19-11-5-12-20-49)62-58(63-57)52-21-13-6-14-22-52/h3-37,40-41H,2,38-39,42H2,1H3/b54-40-,61-55?. The Morgan fingerprint density at radius 3 is 1.65 bits per heavy atom. The molecule has 63 heavy (non-hydrogen) atoms. The van der Waals surface area contributed by atoms with Gasteiger partial charge in [-0.2, -0.15) is 0 Å². The highest BCUT2D eigenvalue weighted by molar-refractivity contribution is 6.14. The zero-order valence-electron chi connectivity index (χ0n) is 35.5. The van der Waals surface area contributed by atoms with Gasteiger partial charge >= 0.3 is 0 Å². The Hall–Kier alpha value is -7.82. The van der Waals surface area contributed by atoms with Crippen molar-refractivity contribution in [2.75, 3.05) is 0 Å². The highest BCUT2D eigenvalue weighted by Gasteiger charge is 2.26. The first kappa shape index (κ1) is 40.6. The van der Waals surface area contributed by atoms with Crippen molar-refractivity contribution >= 4 is 18.1 Å². The van der Waals surface area contributed by atoms with E-state index in [1.165, 1.54) is 33.4 Å². The van der Waals surface area contributed by atoms with E-state index in [-0.39, 0.29) is 5.41 Å². The monoisotopic (exact) mass is 812 g/mol. The highest BCUT2D eigenvalue weighted by atomic mass is 14.9. The summed E-state index contributed by atoms with van der Waals surface area (Å²) in [5.41, 5.74) is 16.0. The first-order chi connectivity index (χ1) is 31.0. The molecule has 1 aliphatic rings. The molecule has 0 radical (unpaired) electrons. The number of rotatable bonds is 13. The average Bonchev–Trinajstić information content (AvgIpc) is 3.36. The van der Waals surface area contributed by atoms with Crippen LogP contribution in [-0.4, -0.2) is 22.4 Å². The maximum atomic E-state index is 5.09. The van der Waals surface area contributed by atoms with E-state index in [1.807, 2.05) is 60.7 Å². The van der Waals surface area contributed by atoms with Gasteiger partial charge < -0.3 is 0 Å². The molecule has 1 unspecified atom stereocenters. The van der Waals surface area contributed by atoms with Gasteiger partial charge in [0.25, 0.3) is 0 Å². The molecular weight excluding hydrogens is 765 g/mol. The van der Waals surface area contributed by atoms with Crippen molar-refractivity contribution in [1.29, 1.82) is 0 Å². The van der Waals surface area contributed by atoms with Crippen LogP contribution in [0.25, 0.3) is 50.7 Å². The fraction of sp³-hybridized carbons (Fsp3) is 0.0847. The van der Waals surface area contributed by atoms with Crippen molar-refractivity contribution in [3.63, 3.8) is 0 Å². The number of hydrogen-bond acceptors (Lipinski definition) is 4. The smallest absolute Gasteiger partial charge is 0.160 e. The predicted octanol–water partition coefficient (Wildman–Crippen LogP) is 14.3. The first-order valence-corrected chi connectivity index (χ1v) is 21.5. The van der Waals surface area contributed by atoms with Crippen molar-refractivity contribution < 1.29 is 0 Å². The van der Waals surface area contributed by atoms with E-state index in [2.05, 4.69) is 182 Å². The van der Waals surface area contributed by atoms with Crippen LogP contribution in [0.15, 0.2) is 240 Å². The normalized spacial score (nSPS) is 15.2. The third kappa shape index (κ3) is 9.72. The van der Waals surface area contributed by atoms with Gasteiger partial charge in [0, 0.05) is 27.7 Å². The lowest BCUT2D eigenvalue weighted by Gasteiger charge is -2.29. The molecule has 1 atom stereocenters. The van der Waals surface area contributed by atoms with E-state index >= 15 is 0 Å². The molecule has 4 heteroatoms. The molecule has 0 saturated carbocycles. The molecule has 0 amide bonds. The molecule has 9 rings (SSSR count). The number of aliphatic imine (C=N–C) groups is 2. The molecule has 0 fully saturated rings. The molecule has 0 saturated heterocycles. The summed E-state index contributed by atoms with van der Waals surface area (Å²) in [7, 11) is 0. The Kier molecular flexibility index (Phi) is 12.1. The van der Waals surface area contributed by atoms with Crippen LogP contribution < -0.4 is 0 Å². The van der Waals surface area contributed by atoms with Gasteiger partial charge in [-0.15, -0.1) is 0 Å². The Morgan fingerprint density at radius 1 is 0.571 bits per heavy atom. The zero-order valence-corrected chi connectivity index (χ0v) is 35.5. The molecule has 1 aliphatic carbocycles. The summed E-state index contributed by atoms with van der Waals surface area (Å²) in [6.45, 7) is 6.78. The van der Waals surface area contributed by atoms with Crippen LogP contribution in [0.1, 0.15) is 41.2 Å². The van der Waals surface area contributed by atoms with Crippen molar-refractivity contribution in [3.05, 3.63) is 258 Å². The molecule has 304 valence electrons. The second-order valence-electron chi connectivity index (χ2n) is 16.2. The summed E-state index contributed by atoms with van der Waals surface area (Å²) in [5.74, 6) is 0.718. The molecule has 1 aromatic heterocycles. The number of benzene rings is 7. The van der Waals surface area contributed by atoms with Gasteiger partial charge in [-0.25, -0.2) is 9.97 Å². The number of nitrogens with zero attached hydrogens (tertiary/aromatic N) is 4. The van der Waals surface area contributed by atoms with Crippen molar-refractivity contribution in [3.8, 4) is 45.0 Å². The van der Waals surface area contributed by atoms with E-state index in [0.29, 0.717) is 6.54 Å². The summed E-state index contributed by atoms with van der Waals surface area (Å²) in [5, 5.41) is 0. The minimum absolute atomic E-state index is 0.131. The molecule has 1 heterocycles. The molecule has 4 nitrogen and oxygen atoms in total. The minimum Gasteiger partial charge on any atom is -0.280 e. The van der Waals surface area contributed by atoms with Crippen LogP contribution in [0.4, 0.5) is 0 Å². The van der Waals surface area contributed by atoms with E-state index in [0.717, 1.165) is 69.3 Å². The second kappa shape index (κ2) is 18.8. The van der Waals surface area contributed by atoms with Gasteiger partial charge in [-0.3, -0.25) is 9.98 Å². The van der Waals surface area contributed by atoms with Crippen LogP contribution in [0.2, 0.25) is 0 Å². The summed E-state index contributed by atoms with van der Waals surface area (Å²) < 4.78 is 0. The summed E-state index contributed by atoms with van der Waals surface area (Å²) in [6, 6.07) is 69.8. The first-order valence-electron chi connectivity index (χ1n) is 21.5. The topological polar surface area (TPSA) is 50.5 Å². The molecule has 0 aliphatic heterocycles.